The number of nitrogens with one attached hydrogen (secondary N) is 2. The van der Waals surface area contributed by atoms with Crippen molar-refractivity contribution in [2.24, 2.45) is 0 Å². The molecular formula is C19H20ClN3O2. The maximum absolute atomic E-state index is 12.9. The zero-order valence-electron chi connectivity index (χ0n) is 14.2. The second-order valence-electron chi connectivity index (χ2n) is 6.15. The number of carbonyl (C=O) groups is 2. The van der Waals surface area contributed by atoms with Gasteiger partial charge in [0.05, 0.1) is 17.9 Å². The highest BCUT2D eigenvalue weighted by Gasteiger charge is 2.29. The summed E-state index contributed by atoms with van der Waals surface area (Å²) in [5, 5.41) is 6.66. The highest BCUT2D eigenvalue weighted by molar-refractivity contribution is 6.31. The molecular weight excluding hydrogens is 338 g/mol. The molecule has 0 fully saturated rings. The molecule has 25 heavy (non-hydrogen) atoms. The number of fused-ring (bicyclic) bond motifs is 1. The molecule has 0 bridgehead atoms. The minimum Gasteiger partial charge on any atom is -0.376 e. The highest BCUT2D eigenvalue weighted by Crippen LogP contribution is 2.31. The lowest BCUT2D eigenvalue weighted by atomic mass is 10.1. The molecule has 0 saturated carbocycles. The van der Waals surface area contributed by atoms with E-state index in [-0.39, 0.29) is 30.8 Å². The van der Waals surface area contributed by atoms with Crippen LogP contribution in [-0.2, 0) is 9.59 Å². The van der Waals surface area contributed by atoms with Crippen LogP contribution >= 0.6 is 11.6 Å². The van der Waals surface area contributed by atoms with Gasteiger partial charge in [0.25, 0.3) is 0 Å². The van der Waals surface area contributed by atoms with Crippen LogP contribution in [0.15, 0.2) is 42.5 Å². The first kappa shape index (κ1) is 17.3. The summed E-state index contributed by atoms with van der Waals surface area (Å²) in [5.74, 6) is -0.190. The van der Waals surface area contributed by atoms with Gasteiger partial charge in [0.15, 0.2) is 0 Å². The smallest absolute Gasteiger partial charge is 0.246 e. The number of anilines is 3. The van der Waals surface area contributed by atoms with E-state index in [1.54, 1.807) is 11.0 Å². The molecule has 2 aromatic rings. The zero-order chi connectivity index (χ0) is 18.0. The van der Waals surface area contributed by atoms with Crippen LogP contribution < -0.4 is 15.5 Å². The van der Waals surface area contributed by atoms with Gasteiger partial charge in [-0.15, -0.1) is 0 Å². The molecule has 0 aromatic heterocycles. The Morgan fingerprint density at radius 2 is 2.04 bits per heavy atom. The van der Waals surface area contributed by atoms with Crippen LogP contribution in [0.25, 0.3) is 0 Å². The van der Waals surface area contributed by atoms with Crippen LogP contribution in [0.4, 0.5) is 17.1 Å². The van der Waals surface area contributed by atoms with E-state index >= 15 is 0 Å². The molecule has 0 saturated heterocycles. The predicted molar refractivity (Wildman–Crippen MR) is 101 cm³/mol. The number of halogens is 1. The number of rotatable bonds is 3. The summed E-state index contributed by atoms with van der Waals surface area (Å²) in [6, 6.07) is 12.7. The SMILES string of the molecule is Cc1c(Cl)cccc1NCC(=O)N1c2ccccc2NC(=O)C[C@H]1C. The van der Waals surface area contributed by atoms with Crippen LogP contribution in [-0.4, -0.2) is 24.4 Å². The molecule has 0 spiro atoms. The van der Waals surface area contributed by atoms with Gasteiger partial charge in [-0.05, 0) is 43.7 Å². The lowest BCUT2D eigenvalue weighted by molar-refractivity contribution is -0.118. The maximum Gasteiger partial charge on any atom is 0.246 e. The van der Waals surface area contributed by atoms with Crippen molar-refractivity contribution in [2.45, 2.75) is 26.3 Å². The van der Waals surface area contributed by atoms with Crippen molar-refractivity contribution in [3.8, 4) is 0 Å². The summed E-state index contributed by atoms with van der Waals surface area (Å²) in [6.45, 7) is 3.90. The van der Waals surface area contributed by atoms with Crippen molar-refractivity contribution in [2.75, 3.05) is 22.1 Å². The normalized spacial score (nSPS) is 16.7. The van der Waals surface area contributed by atoms with Gasteiger partial charge in [0.1, 0.15) is 0 Å². The lowest BCUT2D eigenvalue weighted by Gasteiger charge is -2.28. The second-order valence-corrected chi connectivity index (χ2v) is 6.56. The first-order chi connectivity index (χ1) is 12.0. The number of nitrogens with zero attached hydrogens (tertiary/aromatic N) is 1. The Morgan fingerprint density at radius 3 is 2.84 bits per heavy atom. The Labute approximate surface area is 152 Å². The summed E-state index contributed by atoms with van der Waals surface area (Å²) in [7, 11) is 0. The van der Waals surface area contributed by atoms with E-state index in [4.69, 9.17) is 11.6 Å². The van der Waals surface area contributed by atoms with E-state index in [9.17, 15) is 9.59 Å². The van der Waals surface area contributed by atoms with Crippen molar-refractivity contribution < 1.29 is 9.59 Å². The number of benzene rings is 2. The zero-order valence-corrected chi connectivity index (χ0v) is 14.9. The summed E-state index contributed by atoms with van der Waals surface area (Å²) in [6.07, 6.45) is 0.261. The fraction of sp³-hybridized carbons (Fsp3) is 0.263. The Bertz CT molecular complexity index is 822. The number of amides is 2. The average Bonchev–Trinajstić information content (AvgIpc) is 2.70. The van der Waals surface area contributed by atoms with Crippen molar-refractivity contribution >= 4 is 40.5 Å². The summed E-state index contributed by atoms with van der Waals surface area (Å²) >= 11 is 6.12. The van der Waals surface area contributed by atoms with Gasteiger partial charge in [-0.2, -0.15) is 0 Å². The Kier molecular flexibility index (Phi) is 4.95. The Morgan fingerprint density at radius 1 is 1.28 bits per heavy atom. The minimum absolute atomic E-state index is 0.0890. The predicted octanol–water partition coefficient (Wildman–Crippen LogP) is 3.82. The van der Waals surface area contributed by atoms with Gasteiger partial charge in [-0.1, -0.05) is 29.8 Å². The van der Waals surface area contributed by atoms with Crippen molar-refractivity contribution in [3.63, 3.8) is 0 Å². The average molecular weight is 358 g/mol. The molecule has 2 N–H and O–H groups in total. The van der Waals surface area contributed by atoms with Crippen LogP contribution in [0, 0.1) is 6.92 Å². The molecule has 2 aromatic carbocycles. The van der Waals surface area contributed by atoms with Gasteiger partial charge in [-0.3, -0.25) is 9.59 Å². The molecule has 0 radical (unpaired) electrons. The third-order valence-corrected chi connectivity index (χ3v) is 4.74. The van der Waals surface area contributed by atoms with E-state index in [0.29, 0.717) is 10.7 Å². The van der Waals surface area contributed by atoms with Gasteiger partial charge >= 0.3 is 0 Å². The molecule has 5 nitrogen and oxygen atoms in total. The van der Waals surface area contributed by atoms with Crippen molar-refractivity contribution in [1.29, 1.82) is 0 Å². The fourth-order valence-electron chi connectivity index (χ4n) is 3.02. The maximum atomic E-state index is 12.9. The lowest BCUT2D eigenvalue weighted by Crippen LogP contribution is -2.42. The third-order valence-electron chi connectivity index (χ3n) is 4.33. The molecule has 1 aliphatic rings. The molecule has 1 aliphatic heterocycles. The topological polar surface area (TPSA) is 61.4 Å². The number of para-hydroxylation sites is 2. The first-order valence-corrected chi connectivity index (χ1v) is 8.55. The first-order valence-electron chi connectivity index (χ1n) is 8.17. The van der Waals surface area contributed by atoms with E-state index in [1.165, 1.54) is 0 Å². The van der Waals surface area contributed by atoms with Gasteiger partial charge < -0.3 is 15.5 Å². The number of hydrogen-bond acceptors (Lipinski definition) is 3. The van der Waals surface area contributed by atoms with Gasteiger partial charge in [0, 0.05) is 23.2 Å². The van der Waals surface area contributed by atoms with E-state index < -0.39 is 0 Å². The molecule has 2 amide bonds. The molecule has 1 atom stereocenters. The monoisotopic (exact) mass is 357 g/mol. The Hall–Kier alpha value is -2.53. The molecule has 0 aliphatic carbocycles. The minimum atomic E-state index is -0.224. The second kappa shape index (κ2) is 7.15. The molecule has 0 unspecified atom stereocenters. The van der Waals surface area contributed by atoms with Crippen LogP contribution in [0.3, 0.4) is 0 Å². The van der Waals surface area contributed by atoms with Gasteiger partial charge in [0.2, 0.25) is 11.8 Å². The number of hydrogen-bond donors (Lipinski definition) is 2. The van der Waals surface area contributed by atoms with E-state index in [2.05, 4.69) is 10.6 Å². The molecule has 130 valence electrons. The standard InChI is InChI=1S/C19H20ClN3O2/c1-12-10-18(24)22-16-7-3-4-9-17(16)23(12)19(25)11-21-15-8-5-6-14(20)13(15)2/h3-9,12,21H,10-11H2,1-2H3,(H,22,24)/t12-/m1/s1. The van der Waals surface area contributed by atoms with Crippen molar-refractivity contribution in [1.82, 2.24) is 0 Å². The van der Waals surface area contributed by atoms with Crippen molar-refractivity contribution in [3.05, 3.63) is 53.1 Å². The summed E-state index contributed by atoms with van der Waals surface area (Å²) in [5.41, 5.74) is 3.10. The van der Waals surface area contributed by atoms with Crippen LogP contribution in [0.1, 0.15) is 18.9 Å². The summed E-state index contributed by atoms with van der Waals surface area (Å²) < 4.78 is 0. The van der Waals surface area contributed by atoms with Crippen LogP contribution in [0.2, 0.25) is 5.02 Å². The highest BCUT2D eigenvalue weighted by atomic mass is 35.5. The molecule has 6 heteroatoms. The molecule has 3 rings (SSSR count). The fourth-order valence-corrected chi connectivity index (χ4v) is 3.20. The Balaban J connectivity index is 1.83. The van der Waals surface area contributed by atoms with Crippen LogP contribution in [0.5, 0.6) is 0 Å². The summed E-state index contributed by atoms with van der Waals surface area (Å²) in [4.78, 5) is 26.6. The van der Waals surface area contributed by atoms with E-state index in [0.717, 1.165) is 16.9 Å². The van der Waals surface area contributed by atoms with E-state index in [1.807, 2.05) is 50.2 Å². The number of carbonyl (C=O) groups excluding carboxylic acids is 2. The van der Waals surface area contributed by atoms with Gasteiger partial charge in [-0.25, -0.2) is 0 Å². The largest absolute Gasteiger partial charge is 0.376 e. The third kappa shape index (κ3) is 3.61. The quantitative estimate of drug-likeness (QED) is 0.877. The molecule has 1 heterocycles.